The maximum absolute atomic E-state index is 5.43. The SMILES string of the molecule is CCNCC(C)C[Si](C)(OC)OC.CNCCC[Si](OC)(OC)OC. The van der Waals surface area contributed by atoms with Crippen LogP contribution in [-0.4, -0.2) is 79.6 Å². The van der Waals surface area contributed by atoms with Crippen LogP contribution in [0.2, 0.25) is 18.6 Å². The molecular formula is C16H42N2O5Si2. The van der Waals surface area contributed by atoms with E-state index in [0.717, 1.165) is 38.1 Å². The van der Waals surface area contributed by atoms with Crippen molar-refractivity contribution < 1.29 is 22.1 Å². The molecule has 0 aliphatic rings. The monoisotopic (exact) mass is 398 g/mol. The predicted molar refractivity (Wildman–Crippen MR) is 108 cm³/mol. The largest absolute Gasteiger partial charge is 0.500 e. The fourth-order valence-electron chi connectivity index (χ4n) is 2.38. The lowest BCUT2D eigenvalue weighted by Crippen LogP contribution is -2.43. The van der Waals surface area contributed by atoms with Gasteiger partial charge in [0.25, 0.3) is 0 Å². The van der Waals surface area contributed by atoms with Gasteiger partial charge in [-0.15, -0.1) is 0 Å². The van der Waals surface area contributed by atoms with Gasteiger partial charge in [-0.2, -0.15) is 0 Å². The van der Waals surface area contributed by atoms with Crippen molar-refractivity contribution in [3.8, 4) is 0 Å². The van der Waals surface area contributed by atoms with Gasteiger partial charge in [-0.25, -0.2) is 0 Å². The molecule has 0 aromatic heterocycles. The fraction of sp³-hybridized carbons (Fsp3) is 1.00. The molecule has 25 heavy (non-hydrogen) atoms. The van der Waals surface area contributed by atoms with Crippen LogP contribution < -0.4 is 10.6 Å². The molecule has 0 saturated carbocycles. The molecule has 0 radical (unpaired) electrons. The molecule has 0 saturated heterocycles. The van der Waals surface area contributed by atoms with Crippen LogP contribution >= 0.6 is 0 Å². The number of hydrogen-bond donors (Lipinski definition) is 2. The number of hydrogen-bond acceptors (Lipinski definition) is 7. The minimum Gasteiger partial charge on any atom is -0.398 e. The number of nitrogens with one attached hydrogen (secondary N) is 2. The zero-order valence-electron chi connectivity index (χ0n) is 17.9. The van der Waals surface area contributed by atoms with Gasteiger partial charge in [0.2, 0.25) is 0 Å². The summed E-state index contributed by atoms with van der Waals surface area (Å²) in [4.78, 5) is 0. The van der Waals surface area contributed by atoms with Crippen molar-refractivity contribution in [2.75, 3.05) is 62.2 Å². The molecule has 1 unspecified atom stereocenters. The normalized spacial score (nSPS) is 13.3. The van der Waals surface area contributed by atoms with E-state index in [9.17, 15) is 0 Å². The summed E-state index contributed by atoms with van der Waals surface area (Å²) in [5.74, 6) is 0.622. The second-order valence-electron chi connectivity index (χ2n) is 6.16. The molecule has 1 atom stereocenters. The molecule has 154 valence electrons. The van der Waals surface area contributed by atoms with E-state index in [0.29, 0.717) is 5.92 Å². The van der Waals surface area contributed by atoms with Crippen LogP contribution in [0.3, 0.4) is 0 Å². The third-order valence-corrected chi connectivity index (χ3v) is 10.2. The molecule has 0 amide bonds. The van der Waals surface area contributed by atoms with Crippen molar-refractivity contribution in [3.63, 3.8) is 0 Å². The van der Waals surface area contributed by atoms with Crippen molar-refractivity contribution in [3.05, 3.63) is 0 Å². The van der Waals surface area contributed by atoms with Crippen LogP contribution in [-0.2, 0) is 22.1 Å². The van der Waals surface area contributed by atoms with Crippen molar-refractivity contribution in [2.45, 2.75) is 38.9 Å². The Balaban J connectivity index is 0. The Hall–Kier alpha value is 0.154. The Bertz CT molecular complexity index is 285. The van der Waals surface area contributed by atoms with Gasteiger partial charge in [0, 0.05) is 41.6 Å². The first-order chi connectivity index (χ1) is 11.8. The third-order valence-electron chi connectivity index (χ3n) is 4.17. The van der Waals surface area contributed by atoms with Crippen LogP contribution in [0.1, 0.15) is 20.3 Å². The smallest absolute Gasteiger partial charge is 0.398 e. The first-order valence-corrected chi connectivity index (χ1v) is 13.4. The standard InChI is InChI=1S/C9H23NO2Si.C7H19NO3Si/c1-6-10-7-9(2)8-13(5,11-3)12-4;1-8-6-5-7-12(9-2,10-3)11-4/h9-10H,6-8H2,1-5H3;8H,5-7H2,1-4H3. The van der Waals surface area contributed by atoms with Crippen molar-refractivity contribution in [1.29, 1.82) is 0 Å². The molecule has 0 rings (SSSR count). The molecule has 0 heterocycles. The Morgan fingerprint density at radius 2 is 1.44 bits per heavy atom. The summed E-state index contributed by atoms with van der Waals surface area (Å²) in [5, 5.41) is 6.40. The van der Waals surface area contributed by atoms with Gasteiger partial charge in [-0.3, -0.25) is 0 Å². The second-order valence-corrected chi connectivity index (χ2v) is 12.7. The highest BCUT2D eigenvalue weighted by atomic mass is 28.4. The highest BCUT2D eigenvalue weighted by molar-refractivity contribution is 6.66. The molecule has 7 nitrogen and oxygen atoms in total. The van der Waals surface area contributed by atoms with Crippen LogP contribution in [0.25, 0.3) is 0 Å². The molecule has 9 heteroatoms. The summed E-state index contributed by atoms with van der Waals surface area (Å²) < 4.78 is 26.6. The van der Waals surface area contributed by atoms with E-state index in [2.05, 4.69) is 31.0 Å². The Kier molecular flexibility index (Phi) is 17.9. The zero-order valence-corrected chi connectivity index (χ0v) is 19.9. The lowest BCUT2D eigenvalue weighted by atomic mass is 10.2. The maximum atomic E-state index is 5.43. The summed E-state index contributed by atoms with van der Waals surface area (Å²) in [5.41, 5.74) is 0. The number of rotatable bonds is 14. The van der Waals surface area contributed by atoms with Gasteiger partial charge < -0.3 is 32.8 Å². The van der Waals surface area contributed by atoms with E-state index >= 15 is 0 Å². The average molecular weight is 399 g/mol. The summed E-state index contributed by atoms with van der Waals surface area (Å²) in [6.07, 6.45) is 1.01. The topological polar surface area (TPSA) is 70.2 Å². The zero-order chi connectivity index (χ0) is 19.8. The van der Waals surface area contributed by atoms with Gasteiger partial charge >= 0.3 is 17.4 Å². The average Bonchev–Trinajstić information content (AvgIpc) is 2.64. The highest BCUT2D eigenvalue weighted by Gasteiger charge is 2.36. The highest BCUT2D eigenvalue weighted by Crippen LogP contribution is 2.17. The van der Waals surface area contributed by atoms with Crippen molar-refractivity contribution in [2.24, 2.45) is 5.92 Å². The molecule has 0 spiro atoms. The molecule has 0 aromatic rings. The summed E-state index contributed by atoms with van der Waals surface area (Å²) >= 11 is 0. The lowest BCUT2D eigenvalue weighted by Gasteiger charge is -2.26. The summed E-state index contributed by atoms with van der Waals surface area (Å²) in [6.45, 7) is 9.50. The van der Waals surface area contributed by atoms with Crippen LogP contribution in [0.5, 0.6) is 0 Å². The van der Waals surface area contributed by atoms with Gasteiger partial charge in [-0.05, 0) is 51.6 Å². The maximum Gasteiger partial charge on any atom is 0.500 e. The molecule has 0 aromatic carbocycles. The molecule has 0 fully saturated rings. The molecule has 2 N–H and O–H groups in total. The van der Waals surface area contributed by atoms with Crippen LogP contribution in [0.4, 0.5) is 0 Å². The second kappa shape index (κ2) is 16.3. The van der Waals surface area contributed by atoms with Gasteiger partial charge in [0.05, 0.1) is 0 Å². The minimum atomic E-state index is -2.29. The summed E-state index contributed by atoms with van der Waals surface area (Å²) in [6, 6.07) is 1.91. The Morgan fingerprint density at radius 3 is 1.80 bits per heavy atom. The fourth-order valence-corrected chi connectivity index (χ4v) is 6.02. The van der Waals surface area contributed by atoms with Crippen LogP contribution in [0, 0.1) is 5.92 Å². The van der Waals surface area contributed by atoms with Gasteiger partial charge in [-0.1, -0.05) is 13.8 Å². The molecule has 0 aliphatic carbocycles. The summed E-state index contributed by atoms with van der Waals surface area (Å²) in [7, 11) is 6.19. The van der Waals surface area contributed by atoms with E-state index in [-0.39, 0.29) is 0 Å². The minimum absolute atomic E-state index is 0.622. The van der Waals surface area contributed by atoms with E-state index in [1.165, 1.54) is 0 Å². The van der Waals surface area contributed by atoms with Gasteiger partial charge in [0.15, 0.2) is 0 Å². The molecule has 0 bridgehead atoms. The lowest BCUT2D eigenvalue weighted by molar-refractivity contribution is 0.123. The Labute approximate surface area is 157 Å². The van der Waals surface area contributed by atoms with E-state index in [4.69, 9.17) is 22.1 Å². The van der Waals surface area contributed by atoms with Crippen molar-refractivity contribution >= 4 is 17.4 Å². The third kappa shape index (κ3) is 13.0. The van der Waals surface area contributed by atoms with Crippen LogP contribution in [0.15, 0.2) is 0 Å². The van der Waals surface area contributed by atoms with Crippen molar-refractivity contribution in [1.82, 2.24) is 10.6 Å². The van der Waals surface area contributed by atoms with E-state index in [1.54, 1.807) is 35.5 Å². The van der Waals surface area contributed by atoms with E-state index in [1.807, 2.05) is 7.05 Å². The first-order valence-electron chi connectivity index (χ1n) is 8.93. The van der Waals surface area contributed by atoms with E-state index < -0.39 is 17.4 Å². The van der Waals surface area contributed by atoms with Gasteiger partial charge in [0.1, 0.15) is 0 Å². The Morgan fingerprint density at radius 1 is 0.920 bits per heavy atom. The molecule has 0 aliphatic heterocycles. The quantitative estimate of drug-likeness (QED) is 0.343. The first kappa shape index (κ1) is 27.4. The predicted octanol–water partition coefficient (Wildman–Crippen LogP) is 2.07. The molecular weight excluding hydrogens is 356 g/mol.